The lowest BCUT2D eigenvalue weighted by Crippen LogP contribution is -2.00. The maximum Gasteiger partial charge on any atom is 0.336 e. The molecule has 1 heterocycles. The zero-order chi connectivity index (χ0) is 17.4. The van der Waals surface area contributed by atoms with Crippen molar-refractivity contribution >= 4 is 56.7 Å². The van der Waals surface area contributed by atoms with Gasteiger partial charge in [-0.15, -0.1) is 11.8 Å². The highest BCUT2D eigenvalue weighted by molar-refractivity contribution is 7.98. The van der Waals surface area contributed by atoms with Crippen molar-refractivity contribution in [3.63, 3.8) is 0 Å². The standard InChI is InChI=1S/C20H12Cl2O2S/c21-14-6-7-16(22)18(10-14)25-11-13-9-19(23)24-17-8-5-12-3-1-2-4-15(12)20(13)17/h1-10H,11H2. The summed E-state index contributed by atoms with van der Waals surface area (Å²) in [6.45, 7) is 0. The van der Waals surface area contributed by atoms with Gasteiger partial charge in [0, 0.05) is 27.1 Å². The predicted molar refractivity (Wildman–Crippen MR) is 106 cm³/mol. The third kappa shape index (κ3) is 3.28. The summed E-state index contributed by atoms with van der Waals surface area (Å²) in [4.78, 5) is 12.8. The second kappa shape index (κ2) is 6.75. The van der Waals surface area contributed by atoms with Crippen molar-refractivity contribution in [2.45, 2.75) is 10.6 Å². The first-order valence-electron chi connectivity index (χ1n) is 7.64. The van der Waals surface area contributed by atoms with E-state index in [4.69, 9.17) is 27.6 Å². The largest absolute Gasteiger partial charge is 0.423 e. The van der Waals surface area contributed by atoms with Gasteiger partial charge in [0.15, 0.2) is 0 Å². The van der Waals surface area contributed by atoms with Gasteiger partial charge in [-0.25, -0.2) is 4.79 Å². The number of thioether (sulfide) groups is 1. The van der Waals surface area contributed by atoms with E-state index in [1.165, 1.54) is 0 Å². The Morgan fingerprint density at radius 1 is 0.960 bits per heavy atom. The second-order valence-electron chi connectivity index (χ2n) is 5.61. The molecule has 1 aromatic heterocycles. The molecule has 0 spiro atoms. The van der Waals surface area contributed by atoms with Gasteiger partial charge in [0.2, 0.25) is 0 Å². The van der Waals surface area contributed by atoms with E-state index in [-0.39, 0.29) is 5.63 Å². The fourth-order valence-electron chi connectivity index (χ4n) is 2.88. The first-order valence-corrected chi connectivity index (χ1v) is 9.38. The molecule has 124 valence electrons. The lowest BCUT2D eigenvalue weighted by Gasteiger charge is -2.09. The lowest BCUT2D eigenvalue weighted by atomic mass is 10.0. The van der Waals surface area contributed by atoms with Gasteiger partial charge >= 0.3 is 5.63 Å². The van der Waals surface area contributed by atoms with Crippen molar-refractivity contribution in [2.75, 3.05) is 0 Å². The average Bonchev–Trinajstić information content (AvgIpc) is 2.61. The van der Waals surface area contributed by atoms with E-state index in [0.717, 1.165) is 26.6 Å². The molecule has 0 bridgehead atoms. The van der Waals surface area contributed by atoms with Gasteiger partial charge in [0.05, 0.1) is 5.02 Å². The van der Waals surface area contributed by atoms with Crippen LogP contribution >= 0.6 is 35.0 Å². The zero-order valence-electron chi connectivity index (χ0n) is 13.0. The van der Waals surface area contributed by atoms with E-state index >= 15 is 0 Å². The molecule has 5 heteroatoms. The SMILES string of the molecule is O=c1cc(CSc2cc(Cl)ccc2Cl)c2c(ccc3ccccc32)o1. The van der Waals surface area contributed by atoms with Gasteiger partial charge in [0.1, 0.15) is 5.58 Å². The molecule has 4 rings (SSSR count). The minimum atomic E-state index is -0.351. The molecule has 0 amide bonds. The van der Waals surface area contributed by atoms with Gasteiger partial charge in [-0.2, -0.15) is 0 Å². The molecule has 0 saturated heterocycles. The molecule has 0 aliphatic heterocycles. The highest BCUT2D eigenvalue weighted by Gasteiger charge is 2.11. The number of hydrogen-bond donors (Lipinski definition) is 0. The number of hydrogen-bond acceptors (Lipinski definition) is 3. The van der Waals surface area contributed by atoms with E-state index in [9.17, 15) is 4.79 Å². The van der Waals surface area contributed by atoms with Gasteiger partial charge in [-0.05, 0) is 40.6 Å². The minimum Gasteiger partial charge on any atom is -0.423 e. The number of benzene rings is 3. The highest BCUT2D eigenvalue weighted by atomic mass is 35.5. The fraction of sp³-hybridized carbons (Fsp3) is 0.0500. The van der Waals surface area contributed by atoms with Crippen LogP contribution in [-0.2, 0) is 5.75 Å². The summed E-state index contributed by atoms with van der Waals surface area (Å²) in [5.74, 6) is 0.593. The Morgan fingerprint density at radius 3 is 2.68 bits per heavy atom. The molecule has 25 heavy (non-hydrogen) atoms. The number of rotatable bonds is 3. The molecule has 3 aromatic carbocycles. The molecular weight excluding hydrogens is 375 g/mol. The van der Waals surface area contributed by atoms with Crippen molar-refractivity contribution in [3.8, 4) is 0 Å². The Kier molecular flexibility index (Phi) is 4.46. The molecule has 0 aliphatic rings. The van der Waals surface area contributed by atoms with E-state index in [2.05, 4.69) is 0 Å². The van der Waals surface area contributed by atoms with Crippen LogP contribution in [0.4, 0.5) is 0 Å². The quantitative estimate of drug-likeness (QED) is 0.227. The predicted octanol–water partition coefficient (Wildman–Crippen LogP) is 6.55. The van der Waals surface area contributed by atoms with Crippen LogP contribution in [0.25, 0.3) is 21.7 Å². The summed E-state index contributed by atoms with van der Waals surface area (Å²) in [7, 11) is 0. The molecular formula is C20H12Cl2O2S. The smallest absolute Gasteiger partial charge is 0.336 e. The van der Waals surface area contributed by atoms with Crippen molar-refractivity contribution in [3.05, 3.63) is 86.7 Å². The van der Waals surface area contributed by atoms with E-state index < -0.39 is 0 Å². The van der Waals surface area contributed by atoms with E-state index in [1.54, 1.807) is 30.0 Å². The highest BCUT2D eigenvalue weighted by Crippen LogP contribution is 2.35. The molecule has 0 N–H and O–H groups in total. The second-order valence-corrected chi connectivity index (χ2v) is 7.47. The van der Waals surface area contributed by atoms with Crippen molar-refractivity contribution < 1.29 is 4.42 Å². The number of halogens is 2. The van der Waals surface area contributed by atoms with Gasteiger partial charge in [0.25, 0.3) is 0 Å². The normalized spacial score (nSPS) is 11.3. The van der Waals surface area contributed by atoms with Crippen molar-refractivity contribution in [1.82, 2.24) is 0 Å². The van der Waals surface area contributed by atoms with E-state index in [0.29, 0.717) is 21.4 Å². The maximum atomic E-state index is 11.9. The molecule has 2 nitrogen and oxygen atoms in total. The van der Waals surface area contributed by atoms with Gasteiger partial charge < -0.3 is 4.42 Å². The molecule has 0 radical (unpaired) electrons. The summed E-state index contributed by atoms with van der Waals surface area (Å²) in [5, 5.41) is 4.41. The Balaban J connectivity index is 1.84. The molecule has 0 saturated carbocycles. The van der Waals surface area contributed by atoms with Crippen LogP contribution in [0.1, 0.15) is 5.56 Å². The van der Waals surface area contributed by atoms with E-state index in [1.807, 2.05) is 42.5 Å². The maximum absolute atomic E-state index is 11.9. The van der Waals surface area contributed by atoms with Crippen LogP contribution in [0, 0.1) is 0 Å². The molecule has 0 fully saturated rings. The average molecular weight is 387 g/mol. The van der Waals surface area contributed by atoms with Crippen molar-refractivity contribution in [1.29, 1.82) is 0 Å². The first-order chi connectivity index (χ1) is 12.1. The lowest BCUT2D eigenvalue weighted by molar-refractivity contribution is 0.560. The van der Waals surface area contributed by atoms with Crippen molar-refractivity contribution in [2.24, 2.45) is 0 Å². The van der Waals surface area contributed by atoms with Gasteiger partial charge in [-0.1, -0.05) is 53.5 Å². The van der Waals surface area contributed by atoms with Crippen LogP contribution in [-0.4, -0.2) is 0 Å². The van der Waals surface area contributed by atoms with Gasteiger partial charge in [-0.3, -0.25) is 0 Å². The summed E-state index contributed by atoms with van der Waals surface area (Å²) in [5.41, 5.74) is 1.17. The topological polar surface area (TPSA) is 30.2 Å². The fourth-order valence-corrected chi connectivity index (χ4v) is 4.35. The van der Waals surface area contributed by atoms with Crippen LogP contribution in [0.3, 0.4) is 0 Å². The summed E-state index contributed by atoms with van der Waals surface area (Å²) in [6.07, 6.45) is 0. The van der Waals surface area contributed by atoms with Crippen LogP contribution in [0.15, 0.2) is 74.8 Å². The monoisotopic (exact) mass is 386 g/mol. The molecule has 0 unspecified atom stereocenters. The van der Waals surface area contributed by atoms with Crippen LogP contribution in [0.2, 0.25) is 10.0 Å². The minimum absolute atomic E-state index is 0.351. The summed E-state index contributed by atoms with van der Waals surface area (Å²) < 4.78 is 5.39. The van der Waals surface area contributed by atoms with Crippen LogP contribution < -0.4 is 5.63 Å². The summed E-state index contributed by atoms with van der Waals surface area (Å²) >= 11 is 13.9. The molecule has 0 aliphatic carbocycles. The Labute approximate surface area is 158 Å². The third-order valence-corrected chi connectivity index (χ3v) is 5.77. The third-order valence-electron chi connectivity index (χ3n) is 3.99. The Hall–Kier alpha value is -1.94. The summed E-state index contributed by atoms with van der Waals surface area (Å²) in [6, 6.07) is 18.8. The Bertz CT molecular complexity index is 1150. The zero-order valence-corrected chi connectivity index (χ0v) is 15.3. The molecule has 0 atom stereocenters. The molecule has 4 aromatic rings. The van der Waals surface area contributed by atoms with Crippen LogP contribution in [0.5, 0.6) is 0 Å². The number of fused-ring (bicyclic) bond motifs is 3. The Morgan fingerprint density at radius 2 is 1.80 bits per heavy atom. The first kappa shape index (κ1) is 16.5.